The molecule has 0 aliphatic carbocycles. The fourth-order valence-electron chi connectivity index (χ4n) is 1.56. The van der Waals surface area contributed by atoms with E-state index in [4.69, 9.17) is 0 Å². The maximum Gasteiger partial charge on any atom is 0.107 e. The minimum atomic E-state index is -0.906. The Morgan fingerprint density at radius 1 is 1.25 bits per heavy atom. The van der Waals surface area contributed by atoms with Gasteiger partial charge in [0.15, 0.2) is 0 Å². The van der Waals surface area contributed by atoms with Crippen LogP contribution in [0.25, 0.3) is 10.9 Å². The first-order chi connectivity index (χ1) is 7.72. The van der Waals surface area contributed by atoms with Gasteiger partial charge in [-0.3, -0.25) is 4.98 Å². The van der Waals surface area contributed by atoms with Crippen LogP contribution >= 0.6 is 15.9 Å². The van der Waals surface area contributed by atoms with E-state index in [1.807, 2.05) is 30.3 Å². The quantitative estimate of drug-likeness (QED) is 0.847. The molecule has 16 heavy (non-hydrogen) atoms. The number of rotatable bonds is 3. The number of aliphatic hydroxyl groups is 2. The number of aromatic nitrogens is 1. The lowest BCUT2D eigenvalue weighted by Crippen LogP contribution is -2.19. The van der Waals surface area contributed by atoms with Crippen molar-refractivity contribution >= 4 is 26.8 Å². The van der Waals surface area contributed by atoms with Crippen LogP contribution in [0, 0.1) is 0 Å². The molecule has 3 nitrogen and oxygen atoms in total. The molecule has 1 heterocycles. The smallest absolute Gasteiger partial charge is 0.107 e. The van der Waals surface area contributed by atoms with Crippen LogP contribution in [0.5, 0.6) is 0 Å². The normalized spacial score (nSPS) is 14.9. The minimum Gasteiger partial charge on any atom is -0.389 e. The highest BCUT2D eigenvalue weighted by atomic mass is 79.9. The van der Waals surface area contributed by atoms with E-state index in [-0.39, 0.29) is 0 Å². The molecule has 0 radical (unpaired) electrons. The molecule has 2 aromatic rings. The van der Waals surface area contributed by atoms with Gasteiger partial charge < -0.3 is 10.2 Å². The monoisotopic (exact) mass is 281 g/mol. The van der Waals surface area contributed by atoms with Crippen LogP contribution in [-0.2, 0) is 0 Å². The van der Waals surface area contributed by atoms with Crippen molar-refractivity contribution in [2.24, 2.45) is 0 Å². The number of para-hydroxylation sites is 1. The highest BCUT2D eigenvalue weighted by molar-refractivity contribution is 9.09. The third-order valence-corrected chi connectivity index (χ3v) is 3.14. The SMILES string of the molecule is OC(CBr)C(O)c1cnc2ccccc2c1. The summed E-state index contributed by atoms with van der Waals surface area (Å²) in [6.45, 7) is 0. The van der Waals surface area contributed by atoms with Crippen molar-refractivity contribution in [3.8, 4) is 0 Å². The molecule has 4 heteroatoms. The van der Waals surface area contributed by atoms with Gasteiger partial charge in [0.2, 0.25) is 0 Å². The maximum absolute atomic E-state index is 9.83. The summed E-state index contributed by atoms with van der Waals surface area (Å²) in [5, 5.41) is 20.6. The van der Waals surface area contributed by atoms with Gasteiger partial charge in [0.1, 0.15) is 6.10 Å². The van der Waals surface area contributed by atoms with Crippen LogP contribution in [0.15, 0.2) is 36.5 Å². The topological polar surface area (TPSA) is 53.4 Å². The van der Waals surface area contributed by atoms with E-state index in [0.29, 0.717) is 10.9 Å². The first kappa shape index (κ1) is 11.5. The molecule has 0 aliphatic rings. The summed E-state index contributed by atoms with van der Waals surface area (Å²) in [6, 6.07) is 9.52. The maximum atomic E-state index is 9.83. The lowest BCUT2D eigenvalue weighted by Gasteiger charge is -2.15. The Kier molecular flexibility index (Phi) is 3.53. The van der Waals surface area contributed by atoms with Gasteiger partial charge in [-0.25, -0.2) is 0 Å². The first-order valence-corrected chi connectivity index (χ1v) is 6.11. The molecule has 0 spiro atoms. The molecular weight excluding hydrogens is 270 g/mol. The van der Waals surface area contributed by atoms with E-state index in [9.17, 15) is 10.2 Å². The Bertz CT molecular complexity index is 489. The first-order valence-electron chi connectivity index (χ1n) is 4.99. The van der Waals surface area contributed by atoms with Crippen molar-refractivity contribution in [2.75, 3.05) is 5.33 Å². The van der Waals surface area contributed by atoms with E-state index in [0.717, 1.165) is 10.9 Å². The molecule has 1 aromatic carbocycles. The van der Waals surface area contributed by atoms with Crippen LogP contribution in [0.3, 0.4) is 0 Å². The molecular formula is C12H12BrNO2. The summed E-state index contributed by atoms with van der Waals surface area (Å²) in [7, 11) is 0. The number of aliphatic hydroxyl groups excluding tert-OH is 2. The Labute approximate surface area is 102 Å². The fourth-order valence-corrected chi connectivity index (χ4v) is 1.91. The second kappa shape index (κ2) is 4.91. The van der Waals surface area contributed by atoms with Crippen molar-refractivity contribution in [1.29, 1.82) is 0 Å². The molecule has 2 N–H and O–H groups in total. The summed E-state index contributed by atoms with van der Waals surface area (Å²) in [5.41, 5.74) is 1.51. The van der Waals surface area contributed by atoms with E-state index in [2.05, 4.69) is 20.9 Å². The predicted octanol–water partition coefficient (Wildman–Crippen LogP) is 2.02. The van der Waals surface area contributed by atoms with Crippen LogP contribution in [0.1, 0.15) is 11.7 Å². The lowest BCUT2D eigenvalue weighted by molar-refractivity contribution is 0.0341. The van der Waals surface area contributed by atoms with Crippen LogP contribution < -0.4 is 0 Å². The van der Waals surface area contributed by atoms with E-state index in [1.54, 1.807) is 6.20 Å². The van der Waals surface area contributed by atoms with Gasteiger partial charge in [-0.05, 0) is 12.1 Å². The molecule has 2 rings (SSSR count). The van der Waals surface area contributed by atoms with Crippen molar-refractivity contribution in [2.45, 2.75) is 12.2 Å². The average molecular weight is 282 g/mol. The summed E-state index contributed by atoms with van der Waals surface area (Å²) in [6.07, 6.45) is -0.127. The molecule has 0 aliphatic heterocycles. The molecule has 0 fully saturated rings. The van der Waals surface area contributed by atoms with Gasteiger partial charge >= 0.3 is 0 Å². The summed E-state index contributed by atoms with van der Waals surface area (Å²) in [4.78, 5) is 4.23. The van der Waals surface area contributed by atoms with Gasteiger partial charge in [-0.1, -0.05) is 34.1 Å². The number of hydrogen-bond donors (Lipinski definition) is 2. The molecule has 1 aromatic heterocycles. The minimum absolute atomic E-state index is 0.334. The Morgan fingerprint density at radius 2 is 2.00 bits per heavy atom. The molecule has 0 amide bonds. The third kappa shape index (κ3) is 2.24. The number of hydrogen-bond acceptors (Lipinski definition) is 3. The summed E-state index contributed by atoms with van der Waals surface area (Å²) >= 11 is 3.13. The molecule has 0 saturated carbocycles. The van der Waals surface area contributed by atoms with Crippen LogP contribution in [0.4, 0.5) is 0 Å². The van der Waals surface area contributed by atoms with Gasteiger partial charge in [-0.2, -0.15) is 0 Å². The zero-order valence-corrected chi connectivity index (χ0v) is 10.1. The molecule has 2 unspecified atom stereocenters. The van der Waals surface area contributed by atoms with E-state index >= 15 is 0 Å². The summed E-state index contributed by atoms with van der Waals surface area (Å²) < 4.78 is 0. The van der Waals surface area contributed by atoms with Gasteiger partial charge in [0, 0.05) is 22.5 Å². The zero-order chi connectivity index (χ0) is 11.5. The number of pyridine rings is 1. The molecule has 84 valence electrons. The standard InChI is InChI=1S/C12H12BrNO2/c13-6-11(15)12(16)9-5-8-3-1-2-4-10(8)14-7-9/h1-5,7,11-12,15-16H,6H2. The van der Waals surface area contributed by atoms with Crippen molar-refractivity contribution in [1.82, 2.24) is 4.98 Å². The zero-order valence-electron chi connectivity index (χ0n) is 8.55. The highest BCUT2D eigenvalue weighted by Gasteiger charge is 2.17. The third-order valence-electron chi connectivity index (χ3n) is 2.48. The molecule has 2 atom stereocenters. The predicted molar refractivity (Wildman–Crippen MR) is 66.5 cm³/mol. The number of alkyl halides is 1. The second-order valence-corrected chi connectivity index (χ2v) is 4.28. The Hall–Kier alpha value is -0.970. The number of fused-ring (bicyclic) bond motifs is 1. The van der Waals surface area contributed by atoms with Crippen LogP contribution in [-0.4, -0.2) is 26.6 Å². The molecule has 0 bridgehead atoms. The summed E-state index contributed by atoms with van der Waals surface area (Å²) in [5.74, 6) is 0. The second-order valence-electron chi connectivity index (χ2n) is 3.63. The van der Waals surface area contributed by atoms with E-state index < -0.39 is 12.2 Å². The van der Waals surface area contributed by atoms with Crippen molar-refractivity contribution in [3.05, 3.63) is 42.1 Å². The van der Waals surface area contributed by atoms with Crippen LogP contribution in [0.2, 0.25) is 0 Å². The number of nitrogens with zero attached hydrogens (tertiary/aromatic N) is 1. The van der Waals surface area contributed by atoms with Gasteiger partial charge in [0.05, 0.1) is 11.6 Å². The number of benzene rings is 1. The Balaban J connectivity index is 2.39. The van der Waals surface area contributed by atoms with Crippen molar-refractivity contribution in [3.63, 3.8) is 0 Å². The van der Waals surface area contributed by atoms with Gasteiger partial charge in [-0.15, -0.1) is 0 Å². The fraction of sp³-hybridized carbons (Fsp3) is 0.250. The van der Waals surface area contributed by atoms with E-state index in [1.165, 1.54) is 0 Å². The highest BCUT2D eigenvalue weighted by Crippen LogP contribution is 2.21. The average Bonchev–Trinajstić information content (AvgIpc) is 2.36. The number of halogens is 1. The lowest BCUT2D eigenvalue weighted by atomic mass is 10.1. The largest absolute Gasteiger partial charge is 0.389 e. The van der Waals surface area contributed by atoms with Gasteiger partial charge in [0.25, 0.3) is 0 Å². The Morgan fingerprint density at radius 3 is 2.75 bits per heavy atom. The molecule has 0 saturated heterocycles. The van der Waals surface area contributed by atoms with Crippen molar-refractivity contribution < 1.29 is 10.2 Å².